The Morgan fingerprint density at radius 2 is 1.61 bits per heavy atom. The van der Waals surface area contributed by atoms with Gasteiger partial charge in [-0.1, -0.05) is 62.7 Å². The maximum Gasteiger partial charge on any atom is 0.251 e. The average molecular weight is 484 g/mol. The number of anilines is 2. The number of fused-ring (bicyclic) bond motifs is 5. The Kier molecular flexibility index (Phi) is 5.70. The Morgan fingerprint density at radius 1 is 0.944 bits per heavy atom. The fraction of sp³-hybridized carbons (Fsp3) is 0.484. The number of allylic oxidation sites excluding steroid dienone is 2. The monoisotopic (exact) mass is 483 g/mol. The third-order valence-corrected chi connectivity index (χ3v) is 10.0. The van der Waals surface area contributed by atoms with Gasteiger partial charge in [0.1, 0.15) is 5.92 Å². The summed E-state index contributed by atoms with van der Waals surface area (Å²) in [6.07, 6.45) is 10.4. The molecule has 36 heavy (non-hydrogen) atoms. The van der Waals surface area contributed by atoms with Crippen molar-refractivity contribution < 1.29 is 9.59 Å². The Morgan fingerprint density at radius 3 is 2.28 bits per heavy atom. The smallest absolute Gasteiger partial charge is 0.251 e. The van der Waals surface area contributed by atoms with E-state index in [1.54, 1.807) is 5.01 Å². The van der Waals surface area contributed by atoms with E-state index in [9.17, 15) is 9.59 Å². The molecule has 0 aromatic heterocycles. The van der Waals surface area contributed by atoms with Crippen molar-refractivity contribution in [1.29, 1.82) is 0 Å². The van der Waals surface area contributed by atoms with E-state index < -0.39 is 5.92 Å². The van der Waals surface area contributed by atoms with Crippen LogP contribution in [0.4, 0.5) is 11.4 Å². The molecule has 1 heterocycles. The van der Waals surface area contributed by atoms with Gasteiger partial charge in [0.2, 0.25) is 5.91 Å². The van der Waals surface area contributed by atoms with Crippen LogP contribution in [0.5, 0.6) is 0 Å². The Balaban J connectivity index is 1.27. The first-order chi connectivity index (χ1) is 17.4. The molecule has 3 fully saturated rings. The average Bonchev–Trinajstić information content (AvgIpc) is 3.30. The first kappa shape index (κ1) is 23.3. The molecule has 2 aromatic rings. The molecular formula is C31H37N3O2. The van der Waals surface area contributed by atoms with E-state index in [-0.39, 0.29) is 17.2 Å². The van der Waals surface area contributed by atoms with Crippen LogP contribution in [-0.4, -0.2) is 11.8 Å². The Hall–Kier alpha value is -3.08. The zero-order chi connectivity index (χ0) is 24.9. The number of amides is 2. The maximum absolute atomic E-state index is 13.7. The number of para-hydroxylation sites is 2. The first-order valence-corrected chi connectivity index (χ1v) is 13.6. The first-order valence-electron chi connectivity index (χ1n) is 13.6. The van der Waals surface area contributed by atoms with Crippen LogP contribution in [0.1, 0.15) is 58.8 Å². The number of hydrogen-bond donors (Lipinski definition) is 2. The van der Waals surface area contributed by atoms with Gasteiger partial charge >= 0.3 is 0 Å². The second-order valence-corrected chi connectivity index (χ2v) is 12.0. The minimum Gasteiger partial charge on any atom is -0.329 e. The summed E-state index contributed by atoms with van der Waals surface area (Å²) in [6.45, 7) is 4.81. The molecule has 3 aliphatic carbocycles. The molecule has 0 radical (unpaired) electrons. The molecule has 6 atom stereocenters. The molecule has 2 saturated carbocycles. The third-order valence-electron chi connectivity index (χ3n) is 10.0. The second kappa shape index (κ2) is 8.79. The van der Waals surface area contributed by atoms with Crippen LogP contribution < -0.4 is 15.8 Å². The highest BCUT2D eigenvalue weighted by molar-refractivity contribution is 6.02. The highest BCUT2D eigenvalue weighted by atomic mass is 16.2. The van der Waals surface area contributed by atoms with E-state index in [4.69, 9.17) is 0 Å². The molecular weight excluding hydrogens is 446 g/mol. The van der Waals surface area contributed by atoms with Crippen LogP contribution in [0.25, 0.3) is 0 Å². The Bertz CT molecular complexity index is 1140. The quantitative estimate of drug-likeness (QED) is 0.407. The number of nitrogens with zero attached hydrogens (tertiary/aromatic N) is 1. The van der Waals surface area contributed by atoms with Crippen molar-refractivity contribution in [3.63, 3.8) is 0 Å². The SMILES string of the molecule is C[C@@]12CCC[C@H]1[C@@H]1CC=C3NC(=O)C(C(=O)NN(c4ccccc4)c4ccccc4)C[C@]3(C)[C@@H]1CC2. The summed E-state index contributed by atoms with van der Waals surface area (Å²) in [5, 5.41) is 4.98. The molecule has 5 nitrogen and oxygen atoms in total. The molecule has 2 N–H and O–H groups in total. The largest absolute Gasteiger partial charge is 0.329 e. The van der Waals surface area contributed by atoms with Crippen molar-refractivity contribution in [3.05, 3.63) is 72.4 Å². The summed E-state index contributed by atoms with van der Waals surface area (Å²) in [5.41, 5.74) is 6.16. The van der Waals surface area contributed by atoms with Gasteiger partial charge in [0, 0.05) is 11.1 Å². The van der Waals surface area contributed by atoms with Crippen molar-refractivity contribution in [2.24, 2.45) is 34.5 Å². The second-order valence-electron chi connectivity index (χ2n) is 12.0. The number of piperidine rings is 1. The Labute approximate surface area is 214 Å². The van der Waals surface area contributed by atoms with Crippen LogP contribution in [-0.2, 0) is 9.59 Å². The van der Waals surface area contributed by atoms with Gasteiger partial charge in [0.25, 0.3) is 5.91 Å². The summed E-state index contributed by atoms with van der Waals surface area (Å²) < 4.78 is 0. The van der Waals surface area contributed by atoms with Gasteiger partial charge in [0.15, 0.2) is 0 Å². The molecule has 1 unspecified atom stereocenters. The predicted molar refractivity (Wildman–Crippen MR) is 142 cm³/mol. The molecule has 4 aliphatic rings. The van der Waals surface area contributed by atoms with Gasteiger partial charge in [0.05, 0.1) is 11.4 Å². The summed E-state index contributed by atoms with van der Waals surface area (Å²) in [5.74, 6) is 0.786. The van der Waals surface area contributed by atoms with Crippen LogP contribution in [0.2, 0.25) is 0 Å². The molecule has 6 rings (SSSR count). The van der Waals surface area contributed by atoms with Gasteiger partial charge in [-0.2, -0.15) is 0 Å². The number of carbonyl (C=O) groups excluding carboxylic acids is 2. The lowest BCUT2D eigenvalue weighted by Gasteiger charge is -2.57. The number of rotatable bonds is 4. The normalized spacial score (nSPS) is 34.9. The van der Waals surface area contributed by atoms with Crippen molar-refractivity contribution >= 4 is 23.2 Å². The third kappa shape index (κ3) is 3.75. The predicted octanol–water partition coefficient (Wildman–Crippen LogP) is 6.12. The minimum atomic E-state index is -0.724. The molecule has 1 aliphatic heterocycles. The fourth-order valence-electron chi connectivity index (χ4n) is 8.11. The lowest BCUT2D eigenvalue weighted by Crippen LogP contribution is -2.58. The lowest BCUT2D eigenvalue weighted by atomic mass is 9.49. The van der Waals surface area contributed by atoms with E-state index in [0.29, 0.717) is 23.7 Å². The summed E-state index contributed by atoms with van der Waals surface area (Å²) in [6, 6.07) is 19.6. The number of nitrogens with one attached hydrogen (secondary N) is 2. The number of hydrogen-bond acceptors (Lipinski definition) is 3. The summed E-state index contributed by atoms with van der Waals surface area (Å²) >= 11 is 0. The molecule has 0 bridgehead atoms. The zero-order valence-corrected chi connectivity index (χ0v) is 21.4. The fourth-order valence-corrected chi connectivity index (χ4v) is 8.11. The van der Waals surface area contributed by atoms with Crippen molar-refractivity contribution in [3.8, 4) is 0 Å². The van der Waals surface area contributed by atoms with E-state index in [2.05, 4.69) is 30.7 Å². The van der Waals surface area contributed by atoms with Gasteiger partial charge in [-0.25, -0.2) is 0 Å². The number of benzene rings is 2. The standard InChI is InChI=1S/C31H37N3O2/c1-30-18-9-14-25(30)23-15-16-27-31(2,26(23)17-19-30)20-24(28(35)32-27)29(36)33-34(21-10-5-3-6-11-21)22-12-7-4-8-13-22/h3-8,10-13,16,23-26H,9,14-15,17-20H2,1-2H3,(H,32,35)(H,33,36)/t23-,24?,25-,26+,30-,31+/m0/s1. The van der Waals surface area contributed by atoms with Crippen LogP contribution in [0.15, 0.2) is 72.4 Å². The van der Waals surface area contributed by atoms with E-state index in [1.165, 1.54) is 32.1 Å². The van der Waals surface area contributed by atoms with Crippen LogP contribution >= 0.6 is 0 Å². The topological polar surface area (TPSA) is 61.4 Å². The van der Waals surface area contributed by atoms with E-state index in [1.807, 2.05) is 60.7 Å². The maximum atomic E-state index is 13.7. The van der Waals surface area contributed by atoms with Gasteiger partial charge in [-0.3, -0.25) is 20.0 Å². The van der Waals surface area contributed by atoms with Gasteiger partial charge in [-0.05, 0) is 86.0 Å². The molecule has 2 amide bonds. The highest BCUT2D eigenvalue weighted by Crippen LogP contribution is 2.64. The van der Waals surface area contributed by atoms with Crippen LogP contribution in [0, 0.1) is 34.5 Å². The number of hydrazine groups is 1. The van der Waals surface area contributed by atoms with Crippen molar-refractivity contribution in [2.75, 3.05) is 5.01 Å². The van der Waals surface area contributed by atoms with Gasteiger partial charge in [-0.15, -0.1) is 0 Å². The summed E-state index contributed by atoms with van der Waals surface area (Å²) in [7, 11) is 0. The lowest BCUT2D eigenvalue weighted by molar-refractivity contribution is -0.140. The minimum absolute atomic E-state index is 0.174. The highest BCUT2D eigenvalue weighted by Gasteiger charge is 2.58. The molecule has 5 heteroatoms. The van der Waals surface area contributed by atoms with Crippen molar-refractivity contribution in [2.45, 2.75) is 58.8 Å². The summed E-state index contributed by atoms with van der Waals surface area (Å²) in [4.78, 5) is 27.0. The molecule has 1 saturated heterocycles. The van der Waals surface area contributed by atoms with Crippen LogP contribution in [0.3, 0.4) is 0 Å². The molecule has 188 valence electrons. The number of carbonyl (C=O) groups is 2. The van der Waals surface area contributed by atoms with E-state index >= 15 is 0 Å². The van der Waals surface area contributed by atoms with Crippen molar-refractivity contribution in [1.82, 2.24) is 10.7 Å². The molecule has 2 aromatic carbocycles. The zero-order valence-electron chi connectivity index (χ0n) is 21.4. The van der Waals surface area contributed by atoms with E-state index in [0.717, 1.165) is 29.4 Å². The molecule has 0 spiro atoms. The van der Waals surface area contributed by atoms with Gasteiger partial charge < -0.3 is 5.32 Å².